The Morgan fingerprint density at radius 2 is 2.12 bits per heavy atom. The molecule has 0 amide bonds. The standard InChI is InChI=1S/C20H23NO3/c1-6-8-14-12(3)17(10-16(14)22)24-19(23)18-15(20(18,4)5)9-13(7-2)11-21/h6-9,15,17-18H,2,10H2,1,3-5H3/b8-6?,13-9-/t15-,17?,18+/m1/s1. The van der Waals surface area contributed by atoms with Crippen LogP contribution < -0.4 is 0 Å². The smallest absolute Gasteiger partial charge is 0.310 e. The van der Waals surface area contributed by atoms with Crippen molar-refractivity contribution in [3.8, 4) is 6.07 Å². The number of nitrogens with zero attached hydrogens (tertiary/aromatic N) is 1. The minimum atomic E-state index is -0.480. The molecule has 0 aromatic rings. The predicted octanol–water partition coefficient (Wildman–Crippen LogP) is 3.67. The quantitative estimate of drug-likeness (QED) is 0.439. The van der Waals surface area contributed by atoms with E-state index >= 15 is 0 Å². The zero-order valence-electron chi connectivity index (χ0n) is 14.6. The lowest BCUT2D eigenvalue weighted by Gasteiger charge is -2.13. The van der Waals surface area contributed by atoms with Gasteiger partial charge in [0.05, 0.1) is 18.4 Å². The van der Waals surface area contributed by atoms with Crippen LogP contribution in [0.4, 0.5) is 0 Å². The third kappa shape index (κ3) is 3.12. The van der Waals surface area contributed by atoms with E-state index in [-0.39, 0.29) is 35.4 Å². The molecule has 3 atom stereocenters. The molecule has 2 aliphatic carbocycles. The van der Waals surface area contributed by atoms with Gasteiger partial charge in [-0.15, -0.1) is 0 Å². The molecule has 0 saturated heterocycles. The average Bonchev–Trinajstić information content (AvgIpc) is 2.98. The largest absolute Gasteiger partial charge is 0.457 e. The number of allylic oxidation sites excluding steroid dienone is 6. The molecule has 0 heterocycles. The Kier molecular flexibility index (Phi) is 4.94. The maximum atomic E-state index is 12.6. The fourth-order valence-corrected chi connectivity index (χ4v) is 3.34. The molecule has 1 unspecified atom stereocenters. The minimum absolute atomic E-state index is 0.00771. The summed E-state index contributed by atoms with van der Waals surface area (Å²) >= 11 is 0. The first-order chi connectivity index (χ1) is 11.3. The zero-order valence-corrected chi connectivity index (χ0v) is 14.6. The first kappa shape index (κ1) is 17.9. The summed E-state index contributed by atoms with van der Waals surface area (Å²) in [5.74, 6) is -0.640. The number of rotatable bonds is 5. The van der Waals surface area contributed by atoms with Crippen molar-refractivity contribution in [1.29, 1.82) is 5.26 Å². The summed E-state index contributed by atoms with van der Waals surface area (Å²) in [6.07, 6.45) is 6.58. The molecule has 4 heteroatoms. The van der Waals surface area contributed by atoms with E-state index in [0.29, 0.717) is 11.1 Å². The molecule has 0 spiro atoms. The van der Waals surface area contributed by atoms with Gasteiger partial charge in [-0.25, -0.2) is 0 Å². The van der Waals surface area contributed by atoms with Crippen molar-refractivity contribution in [3.63, 3.8) is 0 Å². The lowest BCUT2D eigenvalue weighted by atomic mass is 10.1. The number of hydrogen-bond acceptors (Lipinski definition) is 4. The van der Waals surface area contributed by atoms with E-state index in [1.165, 1.54) is 6.08 Å². The molecule has 0 N–H and O–H groups in total. The van der Waals surface area contributed by atoms with Crippen LogP contribution in [0.1, 0.15) is 34.1 Å². The second kappa shape index (κ2) is 6.60. The van der Waals surface area contributed by atoms with E-state index in [4.69, 9.17) is 10.00 Å². The average molecular weight is 325 g/mol. The Morgan fingerprint density at radius 1 is 1.46 bits per heavy atom. The molecule has 24 heavy (non-hydrogen) atoms. The molecule has 0 aromatic carbocycles. The molecular formula is C20H23NO3. The second-order valence-electron chi connectivity index (χ2n) is 6.91. The number of hydrogen-bond donors (Lipinski definition) is 0. The summed E-state index contributed by atoms with van der Waals surface area (Å²) in [6, 6.07) is 2.06. The van der Waals surface area contributed by atoms with Crippen LogP contribution in [-0.4, -0.2) is 17.9 Å². The molecule has 0 bridgehead atoms. The first-order valence-corrected chi connectivity index (χ1v) is 8.09. The van der Waals surface area contributed by atoms with Gasteiger partial charge in [-0.3, -0.25) is 9.59 Å². The van der Waals surface area contributed by atoms with Gasteiger partial charge in [-0.05, 0) is 30.8 Å². The lowest BCUT2D eigenvalue weighted by Crippen LogP contribution is -2.20. The monoisotopic (exact) mass is 325 g/mol. The summed E-state index contributed by atoms with van der Waals surface area (Å²) < 4.78 is 5.62. The van der Waals surface area contributed by atoms with E-state index in [9.17, 15) is 9.59 Å². The molecule has 0 aromatic heterocycles. The third-order valence-electron chi connectivity index (χ3n) is 5.04. The SMILES string of the molecule is C=C/C(C#N)=C/[C@@H]1[C@@H](C(=O)OC2CC(=O)C(C=CC)=C2C)C1(C)C. The van der Waals surface area contributed by atoms with Gasteiger partial charge in [0.2, 0.25) is 0 Å². The van der Waals surface area contributed by atoms with Crippen molar-refractivity contribution >= 4 is 11.8 Å². The highest BCUT2D eigenvalue weighted by molar-refractivity contribution is 6.02. The van der Waals surface area contributed by atoms with Gasteiger partial charge in [0, 0.05) is 11.1 Å². The molecule has 0 radical (unpaired) electrons. The highest BCUT2D eigenvalue weighted by Crippen LogP contribution is 2.60. The fourth-order valence-electron chi connectivity index (χ4n) is 3.34. The lowest BCUT2D eigenvalue weighted by molar-refractivity contribution is -0.150. The highest BCUT2D eigenvalue weighted by atomic mass is 16.5. The summed E-state index contributed by atoms with van der Waals surface area (Å²) in [6.45, 7) is 11.2. The van der Waals surface area contributed by atoms with Crippen LogP contribution in [0.3, 0.4) is 0 Å². The number of esters is 1. The fraction of sp³-hybridized carbons (Fsp3) is 0.450. The van der Waals surface area contributed by atoms with Crippen molar-refractivity contribution in [2.45, 2.75) is 40.2 Å². The Bertz CT molecular complexity index is 716. The van der Waals surface area contributed by atoms with Gasteiger partial charge in [0.25, 0.3) is 0 Å². The van der Waals surface area contributed by atoms with Crippen LogP contribution in [-0.2, 0) is 14.3 Å². The Balaban J connectivity index is 2.12. The zero-order chi connectivity index (χ0) is 18.1. The van der Waals surface area contributed by atoms with Gasteiger partial charge in [0.1, 0.15) is 6.10 Å². The van der Waals surface area contributed by atoms with Crippen LogP contribution >= 0.6 is 0 Å². The number of nitriles is 1. The molecule has 126 valence electrons. The van der Waals surface area contributed by atoms with Gasteiger partial charge >= 0.3 is 5.97 Å². The topological polar surface area (TPSA) is 67.2 Å². The summed E-state index contributed by atoms with van der Waals surface area (Å²) in [4.78, 5) is 24.6. The predicted molar refractivity (Wildman–Crippen MR) is 91.7 cm³/mol. The molecule has 2 rings (SSSR count). The van der Waals surface area contributed by atoms with Crippen LogP contribution in [0.5, 0.6) is 0 Å². The van der Waals surface area contributed by atoms with Crippen molar-refractivity contribution in [2.75, 3.05) is 0 Å². The summed E-state index contributed by atoms with van der Waals surface area (Å²) in [5.41, 5.74) is 1.65. The van der Waals surface area contributed by atoms with Crippen LogP contribution in [0, 0.1) is 28.6 Å². The Morgan fingerprint density at radius 3 is 2.67 bits per heavy atom. The van der Waals surface area contributed by atoms with Crippen LogP contribution in [0.25, 0.3) is 0 Å². The highest BCUT2D eigenvalue weighted by Gasteiger charge is 2.62. The summed E-state index contributed by atoms with van der Waals surface area (Å²) in [5, 5.41) is 9.02. The van der Waals surface area contributed by atoms with E-state index in [1.54, 1.807) is 12.2 Å². The number of Topliss-reactive ketones (excluding diaryl/α,β-unsaturated/α-hetero) is 1. The van der Waals surface area contributed by atoms with E-state index < -0.39 is 6.10 Å². The van der Waals surface area contributed by atoms with Crippen molar-refractivity contribution in [3.05, 3.63) is 47.6 Å². The van der Waals surface area contributed by atoms with Gasteiger partial charge in [-0.2, -0.15) is 5.26 Å². The Labute approximate surface area is 143 Å². The van der Waals surface area contributed by atoms with Crippen molar-refractivity contribution in [1.82, 2.24) is 0 Å². The molecule has 4 nitrogen and oxygen atoms in total. The number of ketones is 1. The van der Waals surface area contributed by atoms with E-state index in [0.717, 1.165) is 5.57 Å². The van der Waals surface area contributed by atoms with Gasteiger partial charge in [-0.1, -0.05) is 44.7 Å². The number of carbonyl (C=O) groups excluding carboxylic acids is 2. The van der Waals surface area contributed by atoms with Crippen LogP contribution in [0.15, 0.2) is 47.6 Å². The first-order valence-electron chi connectivity index (χ1n) is 8.09. The van der Waals surface area contributed by atoms with Gasteiger partial charge in [0.15, 0.2) is 5.78 Å². The normalized spacial score (nSPS) is 28.9. The third-order valence-corrected chi connectivity index (χ3v) is 5.04. The Hall–Kier alpha value is -2.41. The molecule has 1 saturated carbocycles. The second-order valence-corrected chi connectivity index (χ2v) is 6.91. The van der Waals surface area contributed by atoms with Crippen LogP contribution in [0.2, 0.25) is 0 Å². The number of ether oxygens (including phenoxy) is 1. The molecule has 1 fully saturated rings. The maximum absolute atomic E-state index is 12.6. The maximum Gasteiger partial charge on any atom is 0.310 e. The van der Waals surface area contributed by atoms with Crippen molar-refractivity contribution < 1.29 is 14.3 Å². The molecule has 2 aliphatic rings. The molecular weight excluding hydrogens is 302 g/mol. The van der Waals surface area contributed by atoms with E-state index in [2.05, 4.69) is 12.6 Å². The number of carbonyl (C=O) groups is 2. The van der Waals surface area contributed by atoms with Gasteiger partial charge < -0.3 is 4.74 Å². The summed E-state index contributed by atoms with van der Waals surface area (Å²) in [7, 11) is 0. The van der Waals surface area contributed by atoms with Crippen molar-refractivity contribution in [2.24, 2.45) is 17.3 Å². The van der Waals surface area contributed by atoms with E-state index in [1.807, 2.05) is 33.8 Å². The minimum Gasteiger partial charge on any atom is -0.457 e. The molecule has 0 aliphatic heterocycles.